The molecule has 1 aromatic rings. The average molecular weight is 253 g/mol. The average Bonchev–Trinajstić information content (AvgIpc) is 3.04. The van der Waals surface area contributed by atoms with Gasteiger partial charge in [-0.15, -0.1) is 0 Å². The summed E-state index contributed by atoms with van der Waals surface area (Å²) < 4.78 is 11.0. The van der Waals surface area contributed by atoms with Gasteiger partial charge >= 0.3 is 0 Å². The van der Waals surface area contributed by atoms with E-state index in [2.05, 4.69) is 22.4 Å². The molecular formula is C13H23N3O2. The van der Waals surface area contributed by atoms with Gasteiger partial charge in [0.05, 0.1) is 6.04 Å². The Bertz CT molecular complexity index is 372. The second-order valence-corrected chi connectivity index (χ2v) is 5.04. The van der Waals surface area contributed by atoms with Gasteiger partial charge < -0.3 is 14.6 Å². The molecule has 0 spiro atoms. The summed E-state index contributed by atoms with van der Waals surface area (Å²) in [5.74, 6) is 1.37. The third kappa shape index (κ3) is 2.57. The highest BCUT2D eigenvalue weighted by Crippen LogP contribution is 2.40. The zero-order valence-electron chi connectivity index (χ0n) is 11.5. The van der Waals surface area contributed by atoms with Gasteiger partial charge in [-0.25, -0.2) is 0 Å². The van der Waals surface area contributed by atoms with Crippen molar-refractivity contribution >= 4 is 0 Å². The Morgan fingerprint density at radius 2 is 2.17 bits per heavy atom. The van der Waals surface area contributed by atoms with Gasteiger partial charge in [0.25, 0.3) is 0 Å². The minimum absolute atomic E-state index is 0.0986. The number of rotatable bonds is 6. The molecule has 0 amide bonds. The lowest BCUT2D eigenvalue weighted by atomic mass is 10.0. The predicted octanol–water partition coefficient (Wildman–Crippen LogP) is 2.55. The second kappa shape index (κ2) is 5.80. The summed E-state index contributed by atoms with van der Waals surface area (Å²) in [5.41, 5.74) is -0.313. The number of nitrogens with zero attached hydrogens (tertiary/aromatic N) is 2. The van der Waals surface area contributed by atoms with Crippen LogP contribution in [0, 0.1) is 0 Å². The Balaban J connectivity index is 2.09. The molecule has 0 radical (unpaired) electrons. The van der Waals surface area contributed by atoms with E-state index in [1.165, 1.54) is 12.8 Å². The van der Waals surface area contributed by atoms with E-state index in [0.717, 1.165) is 25.8 Å². The monoisotopic (exact) mass is 253 g/mol. The summed E-state index contributed by atoms with van der Waals surface area (Å²) >= 11 is 0. The molecule has 5 heteroatoms. The van der Waals surface area contributed by atoms with Gasteiger partial charge in [-0.2, -0.15) is 4.98 Å². The molecule has 1 fully saturated rings. The van der Waals surface area contributed by atoms with Gasteiger partial charge in [-0.3, -0.25) is 0 Å². The topological polar surface area (TPSA) is 60.2 Å². The molecule has 5 nitrogen and oxygen atoms in total. The fourth-order valence-electron chi connectivity index (χ4n) is 2.51. The fraction of sp³-hybridized carbons (Fsp3) is 0.846. The fourth-order valence-corrected chi connectivity index (χ4v) is 2.51. The van der Waals surface area contributed by atoms with Crippen molar-refractivity contribution in [2.75, 3.05) is 13.7 Å². The quantitative estimate of drug-likeness (QED) is 0.844. The number of ether oxygens (including phenoxy) is 1. The van der Waals surface area contributed by atoms with Gasteiger partial charge in [0.15, 0.2) is 0 Å². The summed E-state index contributed by atoms with van der Waals surface area (Å²) in [6.45, 7) is 5.13. The minimum atomic E-state index is -0.313. The molecule has 1 aromatic heterocycles. The molecule has 102 valence electrons. The van der Waals surface area contributed by atoms with Crippen LogP contribution in [0.25, 0.3) is 0 Å². The lowest BCUT2D eigenvalue weighted by Crippen LogP contribution is -2.26. The van der Waals surface area contributed by atoms with Crippen molar-refractivity contribution in [3.8, 4) is 0 Å². The van der Waals surface area contributed by atoms with Crippen LogP contribution in [0.4, 0.5) is 0 Å². The van der Waals surface area contributed by atoms with Crippen LogP contribution in [0.5, 0.6) is 0 Å². The second-order valence-electron chi connectivity index (χ2n) is 5.04. The van der Waals surface area contributed by atoms with E-state index >= 15 is 0 Å². The zero-order valence-corrected chi connectivity index (χ0v) is 11.5. The van der Waals surface area contributed by atoms with E-state index in [4.69, 9.17) is 9.26 Å². The molecule has 0 aliphatic heterocycles. The molecular weight excluding hydrogens is 230 g/mol. The smallest absolute Gasteiger partial charge is 0.243 e. The number of aromatic nitrogens is 2. The highest BCUT2D eigenvalue weighted by atomic mass is 16.5. The third-order valence-electron chi connectivity index (χ3n) is 3.72. The number of nitrogens with one attached hydrogen (secondary N) is 1. The van der Waals surface area contributed by atoms with Crippen LogP contribution >= 0.6 is 0 Å². The zero-order chi connectivity index (χ0) is 13.0. The van der Waals surface area contributed by atoms with Crippen molar-refractivity contribution < 1.29 is 9.26 Å². The maximum Gasteiger partial charge on any atom is 0.243 e. The van der Waals surface area contributed by atoms with Crippen LogP contribution in [0.3, 0.4) is 0 Å². The first-order valence-electron chi connectivity index (χ1n) is 6.84. The molecule has 18 heavy (non-hydrogen) atoms. The largest absolute Gasteiger partial charge is 0.370 e. The predicted molar refractivity (Wildman–Crippen MR) is 68.2 cm³/mol. The summed E-state index contributed by atoms with van der Waals surface area (Å²) in [4.78, 5) is 4.52. The molecule has 1 atom stereocenters. The van der Waals surface area contributed by atoms with Crippen molar-refractivity contribution in [3.63, 3.8) is 0 Å². The van der Waals surface area contributed by atoms with Gasteiger partial charge in [0.2, 0.25) is 11.7 Å². The summed E-state index contributed by atoms with van der Waals surface area (Å²) in [6, 6.07) is 0.0986. The van der Waals surface area contributed by atoms with Crippen LogP contribution in [-0.4, -0.2) is 23.8 Å². The number of hydrogen-bond acceptors (Lipinski definition) is 5. The molecule has 1 heterocycles. The SMILES string of the molecule is CCCNC(C)c1nc(C2(OC)CCCC2)no1. The molecule has 0 saturated heterocycles. The van der Waals surface area contributed by atoms with Crippen LogP contribution in [0.15, 0.2) is 4.52 Å². The van der Waals surface area contributed by atoms with Gasteiger partial charge in [0.1, 0.15) is 5.60 Å². The van der Waals surface area contributed by atoms with Crippen LogP contribution in [0.1, 0.15) is 63.7 Å². The molecule has 1 saturated carbocycles. The Morgan fingerprint density at radius 3 is 2.78 bits per heavy atom. The summed E-state index contributed by atoms with van der Waals surface area (Å²) in [5, 5.41) is 7.47. The van der Waals surface area contributed by atoms with E-state index in [9.17, 15) is 0 Å². The van der Waals surface area contributed by atoms with E-state index in [-0.39, 0.29) is 11.6 Å². The lowest BCUT2D eigenvalue weighted by Gasteiger charge is -2.22. The molecule has 0 aromatic carbocycles. The van der Waals surface area contributed by atoms with Crippen molar-refractivity contribution in [3.05, 3.63) is 11.7 Å². The lowest BCUT2D eigenvalue weighted by molar-refractivity contribution is -0.0178. The van der Waals surface area contributed by atoms with E-state index in [1.807, 2.05) is 6.92 Å². The highest BCUT2D eigenvalue weighted by Gasteiger charge is 2.40. The molecule has 0 bridgehead atoms. The third-order valence-corrected chi connectivity index (χ3v) is 3.72. The summed E-state index contributed by atoms with van der Waals surface area (Å²) in [6.07, 6.45) is 5.40. The maximum atomic E-state index is 5.65. The van der Waals surface area contributed by atoms with Crippen molar-refractivity contribution in [1.82, 2.24) is 15.5 Å². The standard InChI is InChI=1S/C13H23N3O2/c1-4-9-14-10(2)11-15-12(16-18-11)13(17-3)7-5-6-8-13/h10,14H,4-9H2,1-3H3. The van der Waals surface area contributed by atoms with Crippen LogP contribution in [0.2, 0.25) is 0 Å². The van der Waals surface area contributed by atoms with Gasteiger partial charge in [-0.1, -0.05) is 12.1 Å². The van der Waals surface area contributed by atoms with Crippen LogP contribution in [-0.2, 0) is 10.3 Å². The molecule has 1 aliphatic carbocycles. The van der Waals surface area contributed by atoms with Gasteiger partial charge in [0, 0.05) is 7.11 Å². The minimum Gasteiger partial charge on any atom is -0.370 e. The number of hydrogen-bond donors (Lipinski definition) is 1. The van der Waals surface area contributed by atoms with Crippen molar-refractivity contribution in [2.45, 2.75) is 57.6 Å². The van der Waals surface area contributed by atoms with Crippen LogP contribution < -0.4 is 5.32 Å². The Hall–Kier alpha value is -0.940. The number of methoxy groups -OCH3 is 1. The summed E-state index contributed by atoms with van der Waals surface area (Å²) in [7, 11) is 1.74. The van der Waals surface area contributed by atoms with E-state index in [1.54, 1.807) is 7.11 Å². The van der Waals surface area contributed by atoms with Gasteiger partial charge in [-0.05, 0) is 45.6 Å². The van der Waals surface area contributed by atoms with Crippen molar-refractivity contribution in [1.29, 1.82) is 0 Å². The first-order chi connectivity index (χ1) is 8.72. The Morgan fingerprint density at radius 1 is 1.44 bits per heavy atom. The maximum absolute atomic E-state index is 5.65. The van der Waals surface area contributed by atoms with E-state index in [0.29, 0.717) is 11.7 Å². The van der Waals surface area contributed by atoms with Crippen molar-refractivity contribution in [2.24, 2.45) is 0 Å². The first kappa shape index (κ1) is 13.5. The Kier molecular flexibility index (Phi) is 4.35. The normalized spacial score (nSPS) is 20.2. The highest BCUT2D eigenvalue weighted by molar-refractivity contribution is 5.05. The first-order valence-corrected chi connectivity index (χ1v) is 6.84. The molecule has 1 N–H and O–H groups in total. The molecule has 1 unspecified atom stereocenters. The Labute approximate surface area is 108 Å². The molecule has 1 aliphatic rings. The van der Waals surface area contributed by atoms with E-state index < -0.39 is 0 Å². The molecule has 2 rings (SSSR count).